The van der Waals surface area contributed by atoms with Gasteiger partial charge in [-0.25, -0.2) is 4.98 Å². The summed E-state index contributed by atoms with van der Waals surface area (Å²) in [6.45, 7) is 6.17. The van der Waals surface area contributed by atoms with Crippen molar-refractivity contribution in [2.45, 2.75) is 27.2 Å². The number of nitrogens with zero attached hydrogens (tertiary/aromatic N) is 2. The molecule has 0 aliphatic carbocycles. The molecular formula is C14H17N3S. The highest BCUT2D eigenvalue weighted by Crippen LogP contribution is 2.25. The van der Waals surface area contributed by atoms with Crippen molar-refractivity contribution in [1.82, 2.24) is 4.98 Å². The number of rotatable bonds is 4. The largest absolute Gasteiger partial charge is 0.253 e. The monoisotopic (exact) mass is 259 g/mol. The highest BCUT2D eigenvalue weighted by atomic mass is 32.1. The van der Waals surface area contributed by atoms with Gasteiger partial charge >= 0.3 is 0 Å². The summed E-state index contributed by atoms with van der Waals surface area (Å²) in [5.74, 6) is 0. The molecule has 2 aromatic rings. The number of anilines is 1. The summed E-state index contributed by atoms with van der Waals surface area (Å²) in [6.07, 6.45) is 0.948. The van der Waals surface area contributed by atoms with Gasteiger partial charge in [-0.2, -0.15) is 5.10 Å². The first kappa shape index (κ1) is 12.8. The van der Waals surface area contributed by atoms with Crippen LogP contribution in [0, 0.1) is 6.92 Å². The first-order valence-electron chi connectivity index (χ1n) is 6.00. The van der Waals surface area contributed by atoms with Gasteiger partial charge in [-0.05, 0) is 20.3 Å². The van der Waals surface area contributed by atoms with E-state index in [1.54, 1.807) is 11.3 Å². The van der Waals surface area contributed by atoms with Gasteiger partial charge in [-0.1, -0.05) is 36.8 Å². The minimum atomic E-state index is 0.832. The third-order valence-corrected chi connectivity index (χ3v) is 3.45. The molecule has 18 heavy (non-hydrogen) atoms. The van der Waals surface area contributed by atoms with E-state index in [1.165, 1.54) is 5.56 Å². The first-order chi connectivity index (χ1) is 8.69. The molecule has 0 bridgehead atoms. The molecule has 2 rings (SSSR count). The summed E-state index contributed by atoms with van der Waals surface area (Å²) in [4.78, 5) is 4.52. The van der Waals surface area contributed by atoms with Gasteiger partial charge in [-0.3, -0.25) is 5.43 Å². The molecule has 0 spiro atoms. The molecule has 0 fully saturated rings. The van der Waals surface area contributed by atoms with Crippen molar-refractivity contribution < 1.29 is 0 Å². The minimum absolute atomic E-state index is 0.832. The van der Waals surface area contributed by atoms with E-state index in [4.69, 9.17) is 0 Å². The maximum absolute atomic E-state index is 4.52. The van der Waals surface area contributed by atoms with Gasteiger partial charge in [0.2, 0.25) is 5.13 Å². The molecule has 0 saturated heterocycles. The molecule has 4 heteroatoms. The van der Waals surface area contributed by atoms with Crippen LogP contribution in [0.5, 0.6) is 0 Å². The Morgan fingerprint density at radius 1 is 1.33 bits per heavy atom. The van der Waals surface area contributed by atoms with E-state index in [-0.39, 0.29) is 0 Å². The topological polar surface area (TPSA) is 37.3 Å². The molecule has 94 valence electrons. The number of hydrogen-bond donors (Lipinski definition) is 1. The predicted octanol–water partition coefficient (Wildman–Crippen LogP) is 4.32. The normalized spacial score (nSPS) is 11.6. The Hall–Kier alpha value is -1.68. The second kappa shape index (κ2) is 5.78. The fraction of sp³-hybridized carbons (Fsp3) is 0.286. The zero-order valence-corrected chi connectivity index (χ0v) is 11.7. The van der Waals surface area contributed by atoms with Gasteiger partial charge in [0.1, 0.15) is 0 Å². The molecule has 0 radical (unpaired) electrons. The second-order valence-electron chi connectivity index (χ2n) is 4.22. The Labute approximate surface area is 112 Å². The predicted molar refractivity (Wildman–Crippen MR) is 79.3 cm³/mol. The van der Waals surface area contributed by atoms with E-state index in [9.17, 15) is 0 Å². The van der Waals surface area contributed by atoms with E-state index >= 15 is 0 Å². The molecule has 1 heterocycles. The number of hydrazone groups is 1. The van der Waals surface area contributed by atoms with Gasteiger partial charge in [0, 0.05) is 16.7 Å². The van der Waals surface area contributed by atoms with Crippen LogP contribution < -0.4 is 5.43 Å². The lowest BCUT2D eigenvalue weighted by Gasteiger charge is -1.98. The quantitative estimate of drug-likeness (QED) is 0.656. The van der Waals surface area contributed by atoms with E-state index < -0.39 is 0 Å². The maximum Gasteiger partial charge on any atom is 0.203 e. The second-order valence-corrected chi connectivity index (χ2v) is 5.07. The summed E-state index contributed by atoms with van der Waals surface area (Å²) in [7, 11) is 0. The average Bonchev–Trinajstić information content (AvgIpc) is 2.85. The highest BCUT2D eigenvalue weighted by Gasteiger charge is 2.03. The van der Waals surface area contributed by atoms with Crippen LogP contribution in [0.1, 0.15) is 25.8 Å². The third kappa shape index (κ3) is 3.17. The Morgan fingerprint density at radius 2 is 2.06 bits per heavy atom. The summed E-state index contributed by atoms with van der Waals surface area (Å²) >= 11 is 1.57. The zero-order valence-electron chi connectivity index (χ0n) is 10.9. The van der Waals surface area contributed by atoms with Crippen LogP contribution in [0.4, 0.5) is 5.13 Å². The molecule has 1 N–H and O–H groups in total. The van der Waals surface area contributed by atoms with Crippen molar-refractivity contribution in [2.24, 2.45) is 5.10 Å². The number of aromatic nitrogens is 1. The Kier molecular flexibility index (Phi) is 4.10. The van der Waals surface area contributed by atoms with Crippen molar-refractivity contribution in [3.05, 3.63) is 35.2 Å². The van der Waals surface area contributed by atoms with Gasteiger partial charge < -0.3 is 0 Å². The molecule has 0 saturated carbocycles. The number of aryl methyl sites for hydroxylation is 1. The number of benzene rings is 1. The molecule has 0 atom stereocenters. The van der Waals surface area contributed by atoms with E-state index in [0.717, 1.165) is 28.5 Å². The Morgan fingerprint density at radius 3 is 2.72 bits per heavy atom. The van der Waals surface area contributed by atoms with Crippen LogP contribution in [0.3, 0.4) is 0 Å². The summed E-state index contributed by atoms with van der Waals surface area (Å²) in [5.41, 5.74) is 7.46. The number of hydrogen-bond acceptors (Lipinski definition) is 4. The van der Waals surface area contributed by atoms with Gasteiger partial charge in [-0.15, -0.1) is 11.3 Å². The Bertz CT molecular complexity index is 540. The molecule has 0 aliphatic heterocycles. The van der Waals surface area contributed by atoms with Crippen LogP contribution in [0.15, 0.2) is 34.7 Å². The van der Waals surface area contributed by atoms with Crippen LogP contribution in [-0.4, -0.2) is 10.7 Å². The fourth-order valence-corrected chi connectivity index (χ4v) is 2.07. The van der Waals surface area contributed by atoms with E-state index in [1.807, 2.05) is 12.3 Å². The van der Waals surface area contributed by atoms with Crippen molar-refractivity contribution >= 4 is 22.2 Å². The first-order valence-corrected chi connectivity index (χ1v) is 6.88. The van der Waals surface area contributed by atoms with Crippen molar-refractivity contribution in [3.8, 4) is 11.3 Å². The summed E-state index contributed by atoms with van der Waals surface area (Å²) in [6, 6.07) is 8.38. The van der Waals surface area contributed by atoms with Gasteiger partial charge in [0.25, 0.3) is 0 Å². The Balaban J connectivity index is 2.13. The van der Waals surface area contributed by atoms with Crippen molar-refractivity contribution in [2.75, 3.05) is 5.43 Å². The smallest absolute Gasteiger partial charge is 0.203 e. The minimum Gasteiger partial charge on any atom is -0.253 e. The lowest BCUT2D eigenvalue weighted by molar-refractivity contribution is 1.20. The number of thiazole rings is 1. The van der Waals surface area contributed by atoms with Crippen molar-refractivity contribution in [1.29, 1.82) is 0 Å². The molecule has 3 nitrogen and oxygen atoms in total. The molecular weight excluding hydrogens is 242 g/mol. The van der Waals surface area contributed by atoms with Crippen LogP contribution in [0.2, 0.25) is 0 Å². The van der Waals surface area contributed by atoms with Crippen LogP contribution >= 0.6 is 11.3 Å². The molecule has 0 unspecified atom stereocenters. The maximum atomic E-state index is 4.52. The van der Waals surface area contributed by atoms with Crippen LogP contribution in [-0.2, 0) is 0 Å². The SMILES string of the molecule is CC/C(C)=N\Nc1nc(-c2ccc(C)cc2)cs1. The van der Waals surface area contributed by atoms with E-state index in [0.29, 0.717) is 0 Å². The summed E-state index contributed by atoms with van der Waals surface area (Å²) < 4.78 is 0. The lowest BCUT2D eigenvalue weighted by Crippen LogP contribution is -1.95. The third-order valence-electron chi connectivity index (χ3n) is 2.71. The van der Waals surface area contributed by atoms with E-state index in [2.05, 4.69) is 53.6 Å². The summed E-state index contributed by atoms with van der Waals surface area (Å²) in [5, 5.41) is 7.13. The fourth-order valence-electron chi connectivity index (χ4n) is 1.40. The molecule has 1 aromatic carbocycles. The standard InChI is InChI=1S/C14H17N3S/c1-4-11(3)16-17-14-15-13(9-18-14)12-7-5-10(2)6-8-12/h5-9H,4H2,1-3H3,(H,15,17)/b16-11-. The zero-order chi connectivity index (χ0) is 13.0. The molecule has 0 amide bonds. The molecule has 1 aromatic heterocycles. The highest BCUT2D eigenvalue weighted by molar-refractivity contribution is 7.14. The van der Waals surface area contributed by atoms with Gasteiger partial charge in [0.05, 0.1) is 5.69 Å². The van der Waals surface area contributed by atoms with Crippen LogP contribution in [0.25, 0.3) is 11.3 Å². The number of nitrogens with one attached hydrogen (secondary N) is 1. The molecule has 0 aliphatic rings. The van der Waals surface area contributed by atoms with Crippen molar-refractivity contribution in [3.63, 3.8) is 0 Å². The average molecular weight is 259 g/mol. The lowest BCUT2D eigenvalue weighted by atomic mass is 10.1. The van der Waals surface area contributed by atoms with Gasteiger partial charge in [0.15, 0.2) is 0 Å².